The number of ether oxygens (including phenoxy) is 2. The second kappa shape index (κ2) is 5.04. The van der Waals surface area contributed by atoms with Crippen LogP contribution in [0.25, 0.3) is 0 Å². The fraction of sp³-hybridized carbons (Fsp3) is 0.600. The Labute approximate surface area is 89.0 Å². The molecular formula is C10H15N3O2. The first-order valence-electron chi connectivity index (χ1n) is 5.04. The topological polar surface area (TPSA) is 47.5 Å². The number of anilines is 1. The van der Waals surface area contributed by atoms with Gasteiger partial charge < -0.3 is 14.4 Å². The van der Waals surface area contributed by atoms with Gasteiger partial charge in [0, 0.05) is 26.0 Å². The molecule has 1 fully saturated rings. The second-order valence-corrected chi connectivity index (χ2v) is 3.50. The number of nitrogens with zero attached hydrogens (tertiary/aromatic N) is 3. The van der Waals surface area contributed by atoms with Crippen LogP contribution in [0.1, 0.15) is 0 Å². The zero-order chi connectivity index (χ0) is 10.5. The van der Waals surface area contributed by atoms with E-state index in [0.717, 1.165) is 6.54 Å². The van der Waals surface area contributed by atoms with Gasteiger partial charge in [-0.15, -0.1) is 0 Å². The molecule has 0 amide bonds. The summed E-state index contributed by atoms with van der Waals surface area (Å²) in [6, 6.07) is 1.80. The summed E-state index contributed by atoms with van der Waals surface area (Å²) in [4.78, 5) is 10.3. The number of likely N-dealkylation sites (N-methyl/N-ethyl adjacent to an activating group) is 1. The van der Waals surface area contributed by atoms with Crippen molar-refractivity contribution in [3.05, 3.63) is 18.5 Å². The standard InChI is InChI=1S/C10H15N3O2/c1-13(10-11-3-2-4-12-10)7-9-8-14-5-6-15-9/h2-4,9H,5-8H2,1H3. The molecule has 1 aromatic heterocycles. The summed E-state index contributed by atoms with van der Waals surface area (Å²) in [7, 11) is 1.95. The van der Waals surface area contributed by atoms with E-state index in [9.17, 15) is 0 Å². The van der Waals surface area contributed by atoms with Crippen molar-refractivity contribution in [2.45, 2.75) is 6.10 Å². The maximum Gasteiger partial charge on any atom is 0.225 e. The number of hydrogen-bond donors (Lipinski definition) is 0. The van der Waals surface area contributed by atoms with E-state index in [0.29, 0.717) is 25.8 Å². The summed E-state index contributed by atoms with van der Waals surface area (Å²) >= 11 is 0. The van der Waals surface area contributed by atoms with Crippen molar-refractivity contribution in [3.8, 4) is 0 Å². The van der Waals surface area contributed by atoms with Crippen LogP contribution >= 0.6 is 0 Å². The molecule has 0 aromatic carbocycles. The van der Waals surface area contributed by atoms with Crippen molar-refractivity contribution in [2.24, 2.45) is 0 Å². The highest BCUT2D eigenvalue weighted by Crippen LogP contribution is 2.07. The first-order chi connectivity index (χ1) is 7.36. The SMILES string of the molecule is CN(CC1COCCO1)c1ncccn1. The Morgan fingerprint density at radius 3 is 2.87 bits per heavy atom. The summed E-state index contributed by atoms with van der Waals surface area (Å²) in [5.74, 6) is 0.715. The van der Waals surface area contributed by atoms with Crippen molar-refractivity contribution < 1.29 is 9.47 Å². The van der Waals surface area contributed by atoms with E-state index in [1.165, 1.54) is 0 Å². The lowest BCUT2D eigenvalue weighted by molar-refractivity contribution is -0.0838. The van der Waals surface area contributed by atoms with Crippen LogP contribution in [0.3, 0.4) is 0 Å². The average molecular weight is 209 g/mol. The van der Waals surface area contributed by atoms with E-state index in [2.05, 4.69) is 9.97 Å². The van der Waals surface area contributed by atoms with Gasteiger partial charge in [0.2, 0.25) is 5.95 Å². The smallest absolute Gasteiger partial charge is 0.225 e. The molecule has 2 heterocycles. The van der Waals surface area contributed by atoms with E-state index in [-0.39, 0.29) is 6.10 Å². The van der Waals surface area contributed by atoms with Crippen molar-refractivity contribution in [2.75, 3.05) is 38.3 Å². The minimum atomic E-state index is 0.118. The van der Waals surface area contributed by atoms with E-state index in [1.54, 1.807) is 18.5 Å². The Morgan fingerprint density at radius 2 is 2.20 bits per heavy atom. The highest BCUT2D eigenvalue weighted by molar-refractivity contribution is 5.26. The molecular weight excluding hydrogens is 194 g/mol. The first-order valence-corrected chi connectivity index (χ1v) is 5.04. The first kappa shape index (κ1) is 10.3. The third kappa shape index (κ3) is 2.87. The molecule has 82 valence electrons. The van der Waals surface area contributed by atoms with Gasteiger partial charge in [-0.05, 0) is 6.07 Å². The van der Waals surface area contributed by atoms with Crippen LogP contribution in [0, 0.1) is 0 Å². The summed E-state index contributed by atoms with van der Waals surface area (Å²) < 4.78 is 10.9. The highest BCUT2D eigenvalue weighted by atomic mass is 16.6. The zero-order valence-corrected chi connectivity index (χ0v) is 8.80. The maximum absolute atomic E-state index is 5.55. The molecule has 2 rings (SSSR count). The lowest BCUT2D eigenvalue weighted by atomic mass is 10.3. The average Bonchev–Trinajstić information content (AvgIpc) is 2.31. The fourth-order valence-corrected chi connectivity index (χ4v) is 1.52. The third-order valence-electron chi connectivity index (χ3n) is 2.26. The predicted octanol–water partition coefficient (Wildman–Crippen LogP) is 0.328. The number of rotatable bonds is 3. The lowest BCUT2D eigenvalue weighted by Gasteiger charge is -2.27. The Bertz CT molecular complexity index is 288. The van der Waals surface area contributed by atoms with Gasteiger partial charge in [0.25, 0.3) is 0 Å². The molecule has 1 aromatic rings. The molecule has 1 saturated heterocycles. The molecule has 1 aliphatic rings. The van der Waals surface area contributed by atoms with Crippen LogP contribution in [0.5, 0.6) is 0 Å². The van der Waals surface area contributed by atoms with E-state index >= 15 is 0 Å². The van der Waals surface area contributed by atoms with Gasteiger partial charge in [0.05, 0.1) is 25.9 Å². The summed E-state index contributed by atoms with van der Waals surface area (Å²) in [5, 5.41) is 0. The van der Waals surface area contributed by atoms with Crippen LogP contribution in [-0.4, -0.2) is 49.5 Å². The predicted molar refractivity (Wildman–Crippen MR) is 55.9 cm³/mol. The van der Waals surface area contributed by atoms with Crippen molar-refractivity contribution in [1.82, 2.24) is 9.97 Å². The normalized spacial score (nSPS) is 21.3. The molecule has 0 saturated carbocycles. The lowest BCUT2D eigenvalue weighted by Crippen LogP contribution is -2.38. The van der Waals surface area contributed by atoms with Crippen molar-refractivity contribution in [1.29, 1.82) is 0 Å². The van der Waals surface area contributed by atoms with Gasteiger partial charge in [0.1, 0.15) is 0 Å². The Hall–Kier alpha value is -1.20. The molecule has 0 spiro atoms. The summed E-state index contributed by atoms with van der Waals surface area (Å²) in [6.07, 6.45) is 3.58. The van der Waals surface area contributed by atoms with Crippen LogP contribution in [0.2, 0.25) is 0 Å². The van der Waals surface area contributed by atoms with Gasteiger partial charge in [-0.3, -0.25) is 0 Å². The maximum atomic E-state index is 5.55. The van der Waals surface area contributed by atoms with Gasteiger partial charge in [0.15, 0.2) is 0 Å². The Balaban J connectivity index is 1.88. The van der Waals surface area contributed by atoms with Crippen molar-refractivity contribution >= 4 is 5.95 Å². The number of hydrogen-bond acceptors (Lipinski definition) is 5. The van der Waals surface area contributed by atoms with E-state index in [4.69, 9.17) is 9.47 Å². The van der Waals surface area contributed by atoms with Gasteiger partial charge in [-0.25, -0.2) is 9.97 Å². The van der Waals surface area contributed by atoms with Gasteiger partial charge >= 0.3 is 0 Å². The Kier molecular flexibility index (Phi) is 3.47. The van der Waals surface area contributed by atoms with E-state index < -0.39 is 0 Å². The summed E-state index contributed by atoms with van der Waals surface area (Å²) in [5.41, 5.74) is 0. The van der Waals surface area contributed by atoms with Crippen LogP contribution in [-0.2, 0) is 9.47 Å². The number of aromatic nitrogens is 2. The molecule has 0 N–H and O–H groups in total. The minimum Gasteiger partial charge on any atom is -0.376 e. The molecule has 5 heteroatoms. The fourth-order valence-electron chi connectivity index (χ4n) is 1.52. The van der Waals surface area contributed by atoms with Gasteiger partial charge in [-0.1, -0.05) is 0 Å². The molecule has 15 heavy (non-hydrogen) atoms. The Morgan fingerprint density at radius 1 is 1.40 bits per heavy atom. The molecule has 0 radical (unpaired) electrons. The minimum absolute atomic E-state index is 0.118. The molecule has 5 nitrogen and oxygen atoms in total. The summed E-state index contributed by atoms with van der Waals surface area (Å²) in [6.45, 7) is 2.78. The van der Waals surface area contributed by atoms with Crippen LogP contribution < -0.4 is 4.90 Å². The highest BCUT2D eigenvalue weighted by Gasteiger charge is 2.17. The third-order valence-corrected chi connectivity index (χ3v) is 2.26. The molecule has 0 aliphatic carbocycles. The van der Waals surface area contributed by atoms with Crippen molar-refractivity contribution in [3.63, 3.8) is 0 Å². The second-order valence-electron chi connectivity index (χ2n) is 3.50. The van der Waals surface area contributed by atoms with E-state index in [1.807, 2.05) is 11.9 Å². The molecule has 1 atom stereocenters. The molecule has 1 unspecified atom stereocenters. The monoisotopic (exact) mass is 209 g/mol. The molecule has 0 bridgehead atoms. The largest absolute Gasteiger partial charge is 0.376 e. The zero-order valence-electron chi connectivity index (χ0n) is 8.80. The van der Waals surface area contributed by atoms with Crippen LogP contribution in [0.4, 0.5) is 5.95 Å². The molecule has 1 aliphatic heterocycles. The quantitative estimate of drug-likeness (QED) is 0.718. The van der Waals surface area contributed by atoms with Gasteiger partial charge in [-0.2, -0.15) is 0 Å². The van der Waals surface area contributed by atoms with Crippen LogP contribution in [0.15, 0.2) is 18.5 Å².